The third-order valence-electron chi connectivity index (χ3n) is 0.797. The third kappa shape index (κ3) is 0.575. The van der Waals surface area contributed by atoms with Crippen LogP contribution in [-0.4, -0.2) is 21.9 Å². The van der Waals surface area contributed by atoms with E-state index < -0.39 is 0 Å². The van der Waals surface area contributed by atoms with Crippen LogP contribution in [0.15, 0.2) is 6.33 Å². The molecule has 1 heterocycles. The molecule has 0 radical (unpaired) electrons. The summed E-state index contributed by atoms with van der Waals surface area (Å²) in [6.45, 7) is 0. The van der Waals surface area contributed by atoms with E-state index in [0.717, 1.165) is 0 Å². The van der Waals surface area contributed by atoms with Crippen LogP contribution in [0.4, 0.5) is 5.95 Å². The summed E-state index contributed by atoms with van der Waals surface area (Å²) in [5, 5.41) is 9.87. The first-order valence-corrected chi connectivity index (χ1v) is 2.17. The van der Waals surface area contributed by atoms with Crippen molar-refractivity contribution in [1.82, 2.24) is 14.9 Å². The molecule has 0 aliphatic heterocycles. The van der Waals surface area contributed by atoms with E-state index in [1.165, 1.54) is 11.0 Å². The van der Waals surface area contributed by atoms with Crippen molar-refractivity contribution in [3.05, 3.63) is 6.33 Å². The molecule has 0 aromatic carbocycles. The maximum Gasteiger partial charge on any atom is 0.242 e. The van der Waals surface area contributed by atoms with E-state index in [9.17, 15) is 0 Å². The number of hydrogen-bond donors (Lipinski definition) is 2. The van der Waals surface area contributed by atoms with Gasteiger partial charge in [0.1, 0.15) is 6.33 Å². The number of hydrogen-bond acceptors (Lipinski definition) is 4. The summed E-state index contributed by atoms with van der Waals surface area (Å²) < 4.78 is 1.31. The Labute approximate surface area is 46.5 Å². The average Bonchev–Trinajstić information content (AvgIpc) is 2.14. The van der Waals surface area contributed by atoms with E-state index in [0.29, 0.717) is 5.95 Å². The van der Waals surface area contributed by atoms with Crippen molar-refractivity contribution in [1.29, 1.82) is 0 Å². The number of nitrogens with two attached hydrogens (primary N) is 1. The van der Waals surface area contributed by atoms with Gasteiger partial charge in [0.2, 0.25) is 5.95 Å². The van der Waals surface area contributed by atoms with Crippen molar-refractivity contribution in [2.45, 2.75) is 0 Å². The predicted octanol–water partition coefficient (Wildman–Crippen LogP) is -0.966. The van der Waals surface area contributed by atoms with Crippen LogP contribution in [0.1, 0.15) is 0 Å². The van der Waals surface area contributed by atoms with Gasteiger partial charge in [0.15, 0.2) is 0 Å². The zero-order valence-electron chi connectivity index (χ0n) is 4.50. The summed E-state index contributed by atoms with van der Waals surface area (Å²) in [5.41, 5.74) is 0. The van der Waals surface area contributed by atoms with Crippen molar-refractivity contribution in [3.8, 4) is 0 Å². The highest BCUT2D eigenvalue weighted by molar-refractivity contribution is 5.20. The van der Waals surface area contributed by atoms with Crippen molar-refractivity contribution in [2.24, 2.45) is 0 Å². The lowest BCUT2D eigenvalue weighted by Crippen LogP contribution is -2.10. The summed E-state index contributed by atoms with van der Waals surface area (Å²) in [4.78, 5) is 0. The Morgan fingerprint density at radius 1 is 1.88 bits per heavy atom. The molecule has 0 amide bonds. The lowest BCUT2D eigenvalue weighted by molar-refractivity contribution is 0.999. The first-order valence-electron chi connectivity index (χ1n) is 2.17. The van der Waals surface area contributed by atoms with Gasteiger partial charge in [-0.05, 0) is 0 Å². The van der Waals surface area contributed by atoms with Gasteiger partial charge in [-0.15, -0.1) is 10.2 Å². The van der Waals surface area contributed by atoms with Gasteiger partial charge in [-0.3, -0.25) is 0 Å². The second kappa shape index (κ2) is 1.69. The van der Waals surface area contributed by atoms with E-state index in [1.54, 1.807) is 7.05 Å². The zero-order valence-corrected chi connectivity index (χ0v) is 4.50. The Kier molecular flexibility index (Phi) is 1.03. The zero-order chi connectivity index (χ0) is 5.98. The number of nitrogens with zero attached hydrogens (tertiary/aromatic N) is 3. The SMILES string of the molecule is CNc1nncn1N. The Bertz CT molecular complexity index is 168. The standard InChI is InChI=1S/C3H7N5/c1-5-3-7-6-2-8(3)4/h2H,4H2,1H3,(H,5,7). The molecule has 0 bridgehead atoms. The Hall–Kier alpha value is -1.26. The molecule has 0 atom stereocenters. The highest BCUT2D eigenvalue weighted by Gasteiger charge is 1.92. The number of aromatic nitrogens is 3. The average molecular weight is 113 g/mol. The fourth-order valence-electron chi connectivity index (χ4n) is 0.422. The van der Waals surface area contributed by atoms with Crippen LogP contribution >= 0.6 is 0 Å². The second-order valence-electron chi connectivity index (χ2n) is 1.31. The van der Waals surface area contributed by atoms with Crippen molar-refractivity contribution < 1.29 is 0 Å². The predicted molar refractivity (Wildman–Crippen MR) is 29.7 cm³/mol. The van der Waals surface area contributed by atoms with E-state index >= 15 is 0 Å². The summed E-state index contributed by atoms with van der Waals surface area (Å²) in [7, 11) is 1.73. The molecule has 44 valence electrons. The van der Waals surface area contributed by atoms with E-state index in [2.05, 4.69) is 15.5 Å². The molecule has 1 aromatic rings. The first-order chi connectivity index (χ1) is 3.84. The minimum absolute atomic E-state index is 0.560. The minimum Gasteiger partial charge on any atom is -0.356 e. The van der Waals surface area contributed by atoms with Crippen molar-refractivity contribution in [3.63, 3.8) is 0 Å². The third-order valence-corrected chi connectivity index (χ3v) is 0.797. The van der Waals surface area contributed by atoms with Crippen LogP contribution in [0.2, 0.25) is 0 Å². The fraction of sp³-hybridized carbons (Fsp3) is 0.333. The number of rotatable bonds is 1. The molecule has 1 rings (SSSR count). The molecule has 0 saturated heterocycles. The smallest absolute Gasteiger partial charge is 0.242 e. The Balaban J connectivity index is 2.92. The molecule has 0 fully saturated rings. The fourth-order valence-corrected chi connectivity index (χ4v) is 0.422. The van der Waals surface area contributed by atoms with Crippen LogP contribution in [0.25, 0.3) is 0 Å². The van der Waals surface area contributed by atoms with Gasteiger partial charge >= 0.3 is 0 Å². The molecule has 0 aliphatic carbocycles. The lowest BCUT2D eigenvalue weighted by Gasteiger charge is -1.93. The van der Waals surface area contributed by atoms with Crippen LogP contribution in [0.5, 0.6) is 0 Å². The van der Waals surface area contributed by atoms with E-state index in [-0.39, 0.29) is 0 Å². The Morgan fingerprint density at radius 2 is 2.62 bits per heavy atom. The molecule has 5 nitrogen and oxygen atoms in total. The quantitative estimate of drug-likeness (QED) is 0.460. The van der Waals surface area contributed by atoms with E-state index in [4.69, 9.17) is 5.84 Å². The lowest BCUT2D eigenvalue weighted by atomic mass is 11.0. The maximum absolute atomic E-state index is 5.28. The topological polar surface area (TPSA) is 68.8 Å². The molecular formula is C3H7N5. The van der Waals surface area contributed by atoms with Crippen molar-refractivity contribution in [2.75, 3.05) is 18.2 Å². The van der Waals surface area contributed by atoms with E-state index in [1.807, 2.05) is 0 Å². The van der Waals surface area contributed by atoms with Gasteiger partial charge in [0, 0.05) is 7.05 Å². The minimum atomic E-state index is 0.560. The van der Waals surface area contributed by atoms with Crippen LogP contribution in [-0.2, 0) is 0 Å². The van der Waals surface area contributed by atoms with Crippen LogP contribution in [0, 0.1) is 0 Å². The summed E-state index contributed by atoms with van der Waals surface area (Å²) in [5.74, 6) is 5.84. The summed E-state index contributed by atoms with van der Waals surface area (Å²) in [6.07, 6.45) is 1.42. The van der Waals surface area contributed by atoms with Gasteiger partial charge in [0.05, 0.1) is 0 Å². The summed E-state index contributed by atoms with van der Waals surface area (Å²) >= 11 is 0. The molecule has 8 heavy (non-hydrogen) atoms. The largest absolute Gasteiger partial charge is 0.356 e. The van der Waals surface area contributed by atoms with Gasteiger partial charge in [-0.2, -0.15) is 0 Å². The second-order valence-corrected chi connectivity index (χ2v) is 1.31. The van der Waals surface area contributed by atoms with Gasteiger partial charge in [-0.1, -0.05) is 0 Å². The van der Waals surface area contributed by atoms with Gasteiger partial charge < -0.3 is 11.2 Å². The summed E-state index contributed by atoms with van der Waals surface area (Å²) in [6, 6.07) is 0. The monoisotopic (exact) mass is 113 g/mol. The highest BCUT2D eigenvalue weighted by atomic mass is 15.4. The molecule has 0 spiro atoms. The molecule has 0 unspecified atom stereocenters. The molecule has 1 aromatic heterocycles. The number of anilines is 1. The Morgan fingerprint density at radius 3 is 2.88 bits per heavy atom. The van der Waals surface area contributed by atoms with Gasteiger partial charge in [0.25, 0.3) is 0 Å². The van der Waals surface area contributed by atoms with Gasteiger partial charge in [-0.25, -0.2) is 4.68 Å². The molecule has 3 N–H and O–H groups in total. The van der Waals surface area contributed by atoms with Crippen LogP contribution in [0.3, 0.4) is 0 Å². The first kappa shape index (κ1) is 4.89. The molecular weight excluding hydrogens is 106 g/mol. The highest BCUT2D eigenvalue weighted by Crippen LogP contribution is 1.90. The molecule has 5 heteroatoms. The number of nitrogen functional groups attached to an aromatic ring is 1. The maximum atomic E-state index is 5.28. The van der Waals surface area contributed by atoms with Crippen LogP contribution < -0.4 is 11.2 Å². The molecule has 0 aliphatic rings. The normalized spacial score (nSPS) is 9.12. The number of nitrogens with one attached hydrogen (secondary N) is 1. The molecule has 0 saturated carbocycles. The van der Waals surface area contributed by atoms with Crippen molar-refractivity contribution >= 4 is 5.95 Å².